The Kier molecular flexibility index (Phi) is 4.40. The van der Waals surface area contributed by atoms with Gasteiger partial charge in [0.1, 0.15) is 5.75 Å². The molecule has 5 heteroatoms. The molecule has 0 unspecified atom stereocenters. The SMILES string of the molecule is COc1ccc(-c2cn3c4ccccc4nc3n2CCNC(C)(C)C)cc1. The van der Waals surface area contributed by atoms with Gasteiger partial charge in [0, 0.05) is 30.4 Å². The molecule has 5 nitrogen and oxygen atoms in total. The number of rotatable bonds is 5. The normalized spacial score (nSPS) is 12.1. The van der Waals surface area contributed by atoms with E-state index in [0.717, 1.165) is 46.9 Å². The molecule has 0 atom stereocenters. The number of nitrogens with one attached hydrogen (secondary N) is 1. The molecule has 1 N–H and O–H groups in total. The fourth-order valence-electron chi connectivity index (χ4n) is 3.40. The maximum atomic E-state index is 5.30. The molecule has 2 aromatic heterocycles. The second-order valence-corrected chi connectivity index (χ2v) is 7.84. The number of ether oxygens (including phenoxy) is 1. The first-order valence-corrected chi connectivity index (χ1v) is 9.32. The Morgan fingerprint density at radius 3 is 2.48 bits per heavy atom. The molecule has 0 bridgehead atoms. The predicted molar refractivity (Wildman–Crippen MR) is 110 cm³/mol. The van der Waals surface area contributed by atoms with Crippen molar-refractivity contribution in [3.63, 3.8) is 0 Å². The molecule has 0 amide bonds. The Balaban J connectivity index is 1.81. The lowest BCUT2D eigenvalue weighted by molar-refractivity contribution is 0.414. The van der Waals surface area contributed by atoms with Crippen LogP contribution in [0.5, 0.6) is 5.75 Å². The van der Waals surface area contributed by atoms with E-state index in [0.29, 0.717) is 0 Å². The van der Waals surface area contributed by atoms with Gasteiger partial charge in [0.25, 0.3) is 0 Å². The van der Waals surface area contributed by atoms with Crippen molar-refractivity contribution in [2.45, 2.75) is 32.9 Å². The molecule has 4 aromatic rings. The van der Waals surface area contributed by atoms with Crippen molar-refractivity contribution in [3.8, 4) is 17.0 Å². The van der Waals surface area contributed by atoms with Crippen molar-refractivity contribution < 1.29 is 4.74 Å². The van der Waals surface area contributed by atoms with Gasteiger partial charge in [-0.25, -0.2) is 4.98 Å². The van der Waals surface area contributed by atoms with Crippen LogP contribution < -0.4 is 10.1 Å². The first-order valence-electron chi connectivity index (χ1n) is 9.32. The smallest absolute Gasteiger partial charge is 0.215 e. The number of fused-ring (bicyclic) bond motifs is 3. The molecule has 140 valence electrons. The van der Waals surface area contributed by atoms with Gasteiger partial charge in [-0.1, -0.05) is 12.1 Å². The highest BCUT2D eigenvalue weighted by Crippen LogP contribution is 2.28. The summed E-state index contributed by atoms with van der Waals surface area (Å²) in [7, 11) is 1.69. The van der Waals surface area contributed by atoms with E-state index in [1.807, 2.05) is 18.2 Å². The second-order valence-electron chi connectivity index (χ2n) is 7.84. The van der Waals surface area contributed by atoms with E-state index in [2.05, 4.69) is 71.6 Å². The number of methoxy groups -OCH3 is 1. The Bertz CT molecular complexity index is 1070. The molecular formula is C22H26N4O. The maximum absolute atomic E-state index is 5.30. The average Bonchev–Trinajstić information content (AvgIpc) is 3.18. The lowest BCUT2D eigenvalue weighted by Crippen LogP contribution is -2.37. The standard InChI is InChI=1S/C22H26N4O/c1-22(2,3)23-13-14-25-20(16-9-11-17(27-4)12-10-16)15-26-19-8-6-5-7-18(19)24-21(25)26/h5-12,15,23H,13-14H2,1-4H3. The van der Waals surface area contributed by atoms with Gasteiger partial charge in [-0.3, -0.25) is 4.40 Å². The minimum Gasteiger partial charge on any atom is -0.497 e. The van der Waals surface area contributed by atoms with Gasteiger partial charge in [0.2, 0.25) is 5.78 Å². The van der Waals surface area contributed by atoms with Crippen LogP contribution in [0, 0.1) is 0 Å². The second kappa shape index (κ2) is 6.74. The Hall–Kier alpha value is -2.79. The lowest BCUT2D eigenvalue weighted by Gasteiger charge is -2.21. The summed E-state index contributed by atoms with van der Waals surface area (Å²) in [6, 6.07) is 16.5. The van der Waals surface area contributed by atoms with E-state index in [1.165, 1.54) is 0 Å². The van der Waals surface area contributed by atoms with Gasteiger partial charge in [-0.15, -0.1) is 0 Å². The molecule has 0 radical (unpaired) electrons. The molecule has 0 saturated heterocycles. The molecule has 27 heavy (non-hydrogen) atoms. The number of aromatic nitrogens is 3. The molecule has 0 fully saturated rings. The van der Waals surface area contributed by atoms with Gasteiger partial charge < -0.3 is 14.6 Å². The van der Waals surface area contributed by atoms with E-state index in [9.17, 15) is 0 Å². The molecule has 0 aliphatic rings. The quantitative estimate of drug-likeness (QED) is 0.574. The lowest BCUT2D eigenvalue weighted by atomic mass is 10.1. The van der Waals surface area contributed by atoms with E-state index in [1.54, 1.807) is 7.11 Å². The third-order valence-corrected chi connectivity index (χ3v) is 4.74. The monoisotopic (exact) mass is 362 g/mol. The van der Waals surface area contributed by atoms with Crippen LogP contribution in [0.25, 0.3) is 28.1 Å². The van der Waals surface area contributed by atoms with Crippen LogP contribution in [-0.2, 0) is 6.54 Å². The van der Waals surface area contributed by atoms with Gasteiger partial charge in [-0.05, 0) is 57.2 Å². The van der Waals surface area contributed by atoms with Gasteiger partial charge in [-0.2, -0.15) is 0 Å². The van der Waals surface area contributed by atoms with E-state index < -0.39 is 0 Å². The molecule has 0 spiro atoms. The molecule has 0 saturated carbocycles. The van der Waals surface area contributed by atoms with Gasteiger partial charge in [0.05, 0.1) is 23.8 Å². The number of hydrogen-bond acceptors (Lipinski definition) is 3. The summed E-state index contributed by atoms with van der Waals surface area (Å²) in [4.78, 5) is 4.88. The Labute approximate surface area is 159 Å². The van der Waals surface area contributed by atoms with E-state index in [4.69, 9.17) is 9.72 Å². The summed E-state index contributed by atoms with van der Waals surface area (Å²) < 4.78 is 9.78. The zero-order chi connectivity index (χ0) is 19.0. The summed E-state index contributed by atoms with van der Waals surface area (Å²) in [5.74, 6) is 1.83. The Morgan fingerprint density at radius 2 is 1.78 bits per heavy atom. The van der Waals surface area contributed by atoms with Crippen LogP contribution in [0.15, 0.2) is 54.7 Å². The average molecular weight is 362 g/mol. The summed E-state index contributed by atoms with van der Waals surface area (Å²) in [6.45, 7) is 8.28. The number of para-hydroxylation sites is 2. The minimum atomic E-state index is 0.0872. The summed E-state index contributed by atoms with van der Waals surface area (Å²) in [5.41, 5.74) is 4.54. The summed E-state index contributed by atoms with van der Waals surface area (Å²) in [6.07, 6.45) is 2.18. The highest BCUT2D eigenvalue weighted by atomic mass is 16.5. The summed E-state index contributed by atoms with van der Waals surface area (Å²) in [5, 5.41) is 3.58. The first kappa shape index (κ1) is 17.6. The first-order chi connectivity index (χ1) is 13.0. The molecular weight excluding hydrogens is 336 g/mol. The highest BCUT2D eigenvalue weighted by Gasteiger charge is 2.16. The number of nitrogens with zero attached hydrogens (tertiary/aromatic N) is 3. The fourth-order valence-corrected chi connectivity index (χ4v) is 3.40. The van der Waals surface area contributed by atoms with E-state index >= 15 is 0 Å². The zero-order valence-corrected chi connectivity index (χ0v) is 16.4. The van der Waals surface area contributed by atoms with Crippen LogP contribution in [0.2, 0.25) is 0 Å². The molecule has 0 aliphatic carbocycles. The number of hydrogen-bond donors (Lipinski definition) is 1. The Morgan fingerprint density at radius 1 is 1.04 bits per heavy atom. The van der Waals surface area contributed by atoms with Gasteiger partial charge in [0.15, 0.2) is 0 Å². The predicted octanol–water partition coefficient (Wildman–Crippen LogP) is 4.35. The third kappa shape index (κ3) is 3.43. The molecule has 4 rings (SSSR count). The van der Waals surface area contributed by atoms with Crippen molar-refractivity contribution in [2.75, 3.05) is 13.7 Å². The van der Waals surface area contributed by atoms with Crippen LogP contribution in [-0.4, -0.2) is 33.1 Å². The topological polar surface area (TPSA) is 43.5 Å². The van der Waals surface area contributed by atoms with Crippen molar-refractivity contribution in [3.05, 3.63) is 54.7 Å². The minimum absolute atomic E-state index is 0.0872. The van der Waals surface area contributed by atoms with Crippen LogP contribution in [0.1, 0.15) is 20.8 Å². The maximum Gasteiger partial charge on any atom is 0.215 e. The van der Waals surface area contributed by atoms with Crippen molar-refractivity contribution in [1.82, 2.24) is 19.3 Å². The molecule has 2 heterocycles. The van der Waals surface area contributed by atoms with Crippen LogP contribution in [0.4, 0.5) is 0 Å². The van der Waals surface area contributed by atoms with Gasteiger partial charge >= 0.3 is 0 Å². The highest BCUT2D eigenvalue weighted by molar-refractivity contribution is 5.81. The third-order valence-electron chi connectivity index (χ3n) is 4.74. The van der Waals surface area contributed by atoms with Crippen LogP contribution in [0.3, 0.4) is 0 Å². The van der Waals surface area contributed by atoms with E-state index in [-0.39, 0.29) is 5.54 Å². The van der Waals surface area contributed by atoms with Crippen molar-refractivity contribution in [2.24, 2.45) is 0 Å². The summed E-state index contributed by atoms with van der Waals surface area (Å²) >= 11 is 0. The van der Waals surface area contributed by atoms with Crippen molar-refractivity contribution in [1.29, 1.82) is 0 Å². The largest absolute Gasteiger partial charge is 0.497 e. The zero-order valence-electron chi connectivity index (χ0n) is 16.4. The number of benzene rings is 2. The fraction of sp³-hybridized carbons (Fsp3) is 0.318. The molecule has 0 aliphatic heterocycles. The number of imidazole rings is 2. The van der Waals surface area contributed by atoms with Crippen molar-refractivity contribution >= 4 is 16.8 Å². The molecule has 2 aromatic carbocycles. The van der Waals surface area contributed by atoms with Crippen LogP contribution >= 0.6 is 0 Å².